The number of ketones is 1. The quantitative estimate of drug-likeness (QED) is 0.317. The van der Waals surface area contributed by atoms with Crippen molar-refractivity contribution in [2.75, 3.05) is 11.9 Å². The Morgan fingerprint density at radius 2 is 1.69 bits per heavy atom. The number of aryl methyl sites for hydroxylation is 1. The molecule has 0 unspecified atom stereocenters. The van der Waals surface area contributed by atoms with Gasteiger partial charge in [-0.2, -0.15) is 0 Å². The van der Waals surface area contributed by atoms with E-state index in [-0.39, 0.29) is 18.3 Å². The minimum Gasteiger partial charge on any atom is -0.481 e. The minimum atomic E-state index is -0.295. The molecule has 1 heterocycles. The lowest BCUT2D eigenvalue weighted by atomic mass is 10.1. The van der Waals surface area contributed by atoms with Gasteiger partial charge in [-0.1, -0.05) is 54.1 Å². The highest BCUT2D eigenvalue weighted by molar-refractivity contribution is 6.07. The largest absolute Gasteiger partial charge is 0.481 e. The molecular weight excluding hydrogens is 400 g/mol. The summed E-state index contributed by atoms with van der Waals surface area (Å²) in [6.45, 7) is 1.88. The maximum absolute atomic E-state index is 12.4. The van der Waals surface area contributed by atoms with Crippen LogP contribution in [0, 0.1) is 6.92 Å². The number of hydrogen-bond donors (Lipinski definition) is 1. The van der Waals surface area contributed by atoms with Gasteiger partial charge in [0.2, 0.25) is 0 Å². The summed E-state index contributed by atoms with van der Waals surface area (Å²) >= 11 is 0. The Morgan fingerprint density at radius 1 is 0.938 bits per heavy atom. The molecule has 0 aliphatic carbocycles. The van der Waals surface area contributed by atoms with Crippen molar-refractivity contribution in [1.29, 1.82) is 0 Å². The van der Waals surface area contributed by atoms with Crippen molar-refractivity contribution in [3.05, 3.63) is 108 Å². The molecule has 4 aromatic rings. The zero-order chi connectivity index (χ0) is 22.3. The molecule has 0 saturated carbocycles. The van der Waals surface area contributed by atoms with Crippen LogP contribution < -0.4 is 10.1 Å². The molecule has 0 aliphatic heterocycles. The summed E-state index contributed by atoms with van der Waals surface area (Å²) in [5.74, 6) is 0.158. The molecule has 1 aromatic heterocycles. The number of anilines is 1. The molecule has 5 heteroatoms. The summed E-state index contributed by atoms with van der Waals surface area (Å²) in [7, 11) is 0. The van der Waals surface area contributed by atoms with E-state index in [0.717, 1.165) is 10.9 Å². The molecule has 0 bridgehead atoms. The van der Waals surface area contributed by atoms with Gasteiger partial charge in [0.15, 0.2) is 12.4 Å². The number of benzene rings is 3. The molecule has 158 valence electrons. The van der Waals surface area contributed by atoms with Crippen molar-refractivity contribution in [3.63, 3.8) is 0 Å². The van der Waals surface area contributed by atoms with Crippen molar-refractivity contribution in [3.8, 4) is 5.75 Å². The molecule has 32 heavy (non-hydrogen) atoms. The van der Waals surface area contributed by atoms with E-state index in [1.54, 1.807) is 48.7 Å². The first kappa shape index (κ1) is 21.0. The molecule has 5 nitrogen and oxygen atoms in total. The van der Waals surface area contributed by atoms with Gasteiger partial charge in [-0.15, -0.1) is 0 Å². The SMILES string of the molecule is Cc1ccc(/C=C/C(=O)c2ccc(NC(=O)COc3cccc4cccnc34)cc2)cc1. The summed E-state index contributed by atoms with van der Waals surface area (Å²) in [5, 5.41) is 3.72. The lowest BCUT2D eigenvalue weighted by Gasteiger charge is -2.09. The summed E-state index contributed by atoms with van der Waals surface area (Å²) < 4.78 is 5.66. The van der Waals surface area contributed by atoms with Gasteiger partial charge in [0, 0.05) is 22.8 Å². The topological polar surface area (TPSA) is 68.3 Å². The number of rotatable bonds is 7. The average Bonchev–Trinajstić information content (AvgIpc) is 2.82. The third-order valence-corrected chi connectivity index (χ3v) is 4.91. The zero-order valence-corrected chi connectivity index (χ0v) is 17.6. The van der Waals surface area contributed by atoms with Crippen molar-refractivity contribution in [1.82, 2.24) is 4.98 Å². The molecule has 3 aromatic carbocycles. The fourth-order valence-corrected chi connectivity index (χ4v) is 3.20. The highest BCUT2D eigenvalue weighted by Gasteiger charge is 2.08. The van der Waals surface area contributed by atoms with Crippen LogP contribution in [0.2, 0.25) is 0 Å². The van der Waals surface area contributed by atoms with E-state index in [9.17, 15) is 9.59 Å². The van der Waals surface area contributed by atoms with Gasteiger partial charge in [-0.05, 0) is 55.0 Å². The molecule has 0 spiro atoms. The normalized spacial score (nSPS) is 10.9. The maximum Gasteiger partial charge on any atom is 0.262 e. The van der Waals surface area contributed by atoms with Gasteiger partial charge in [-0.25, -0.2) is 0 Å². The van der Waals surface area contributed by atoms with Crippen molar-refractivity contribution >= 4 is 34.4 Å². The van der Waals surface area contributed by atoms with Crippen LogP contribution in [0.1, 0.15) is 21.5 Å². The van der Waals surface area contributed by atoms with Crippen LogP contribution in [-0.4, -0.2) is 23.3 Å². The van der Waals surface area contributed by atoms with E-state index in [2.05, 4.69) is 10.3 Å². The predicted octanol–water partition coefficient (Wildman–Crippen LogP) is 5.46. The van der Waals surface area contributed by atoms with Crippen LogP contribution in [0.3, 0.4) is 0 Å². The molecule has 1 N–H and O–H groups in total. The van der Waals surface area contributed by atoms with Gasteiger partial charge >= 0.3 is 0 Å². The first-order valence-electron chi connectivity index (χ1n) is 10.2. The number of amides is 1. The third-order valence-electron chi connectivity index (χ3n) is 4.91. The first-order valence-corrected chi connectivity index (χ1v) is 10.2. The summed E-state index contributed by atoms with van der Waals surface area (Å²) in [6.07, 6.45) is 5.02. The Balaban J connectivity index is 1.33. The Morgan fingerprint density at radius 3 is 2.47 bits per heavy atom. The zero-order valence-electron chi connectivity index (χ0n) is 17.6. The molecule has 1 amide bonds. The number of pyridine rings is 1. The number of nitrogens with one attached hydrogen (secondary N) is 1. The van der Waals surface area contributed by atoms with Crippen molar-refractivity contribution in [2.45, 2.75) is 6.92 Å². The molecule has 0 fully saturated rings. The van der Waals surface area contributed by atoms with Crippen molar-refractivity contribution in [2.24, 2.45) is 0 Å². The van der Waals surface area contributed by atoms with Crippen LogP contribution >= 0.6 is 0 Å². The maximum atomic E-state index is 12.4. The number of fused-ring (bicyclic) bond motifs is 1. The van der Waals surface area contributed by atoms with E-state index in [4.69, 9.17) is 4.74 Å². The van der Waals surface area contributed by atoms with Gasteiger partial charge in [0.05, 0.1) is 0 Å². The fraction of sp³-hybridized carbons (Fsp3) is 0.0741. The minimum absolute atomic E-state index is 0.102. The monoisotopic (exact) mass is 422 g/mol. The number of carbonyl (C=O) groups is 2. The molecule has 4 rings (SSSR count). The average molecular weight is 422 g/mol. The fourth-order valence-electron chi connectivity index (χ4n) is 3.20. The number of nitrogens with zero attached hydrogens (tertiary/aromatic N) is 1. The molecule has 0 radical (unpaired) electrons. The molecular formula is C27H22N2O3. The highest BCUT2D eigenvalue weighted by Crippen LogP contribution is 2.23. The summed E-state index contributed by atoms with van der Waals surface area (Å²) in [5.41, 5.74) is 3.99. The second kappa shape index (κ2) is 9.71. The van der Waals surface area contributed by atoms with E-state index >= 15 is 0 Å². The smallest absolute Gasteiger partial charge is 0.262 e. The van der Waals surface area contributed by atoms with Gasteiger partial charge in [-0.3, -0.25) is 14.6 Å². The highest BCUT2D eigenvalue weighted by atomic mass is 16.5. The number of hydrogen-bond acceptors (Lipinski definition) is 4. The van der Waals surface area contributed by atoms with Crippen LogP contribution in [0.5, 0.6) is 5.75 Å². The van der Waals surface area contributed by atoms with Gasteiger partial charge in [0.1, 0.15) is 11.3 Å². The van der Waals surface area contributed by atoms with Crippen LogP contribution in [-0.2, 0) is 4.79 Å². The molecule has 0 saturated heterocycles. The van der Waals surface area contributed by atoms with Gasteiger partial charge in [0.25, 0.3) is 5.91 Å². The van der Waals surface area contributed by atoms with Crippen molar-refractivity contribution < 1.29 is 14.3 Å². The van der Waals surface area contributed by atoms with E-state index in [1.165, 1.54) is 5.56 Å². The van der Waals surface area contributed by atoms with E-state index < -0.39 is 0 Å². The Kier molecular flexibility index (Phi) is 6.37. The number of para-hydroxylation sites is 1. The van der Waals surface area contributed by atoms with Crippen LogP contribution in [0.15, 0.2) is 91.1 Å². The lowest BCUT2D eigenvalue weighted by Crippen LogP contribution is -2.20. The number of allylic oxidation sites excluding steroid dienone is 1. The lowest BCUT2D eigenvalue weighted by molar-refractivity contribution is -0.118. The third kappa shape index (κ3) is 5.26. The Labute approximate surface area is 186 Å². The second-order valence-corrected chi connectivity index (χ2v) is 7.35. The van der Waals surface area contributed by atoms with Crippen LogP contribution in [0.4, 0.5) is 5.69 Å². The number of carbonyl (C=O) groups excluding carboxylic acids is 2. The standard InChI is InChI=1S/C27H22N2O3/c1-19-7-9-20(10-8-19)11-16-24(30)21-12-14-23(15-13-21)29-26(31)18-32-25-6-2-4-22-5-3-17-28-27(22)25/h2-17H,18H2,1H3,(H,29,31)/b16-11+. The molecule has 0 atom stereocenters. The Hall–Kier alpha value is -4.25. The summed E-state index contributed by atoms with van der Waals surface area (Å²) in [4.78, 5) is 29.0. The molecule has 0 aliphatic rings. The Bertz CT molecular complexity index is 1270. The predicted molar refractivity (Wildman–Crippen MR) is 127 cm³/mol. The first-order chi connectivity index (χ1) is 15.6. The van der Waals surface area contributed by atoms with E-state index in [1.807, 2.05) is 55.5 Å². The van der Waals surface area contributed by atoms with E-state index in [0.29, 0.717) is 22.5 Å². The van der Waals surface area contributed by atoms with Crippen LogP contribution in [0.25, 0.3) is 17.0 Å². The number of ether oxygens (including phenoxy) is 1. The van der Waals surface area contributed by atoms with Gasteiger partial charge < -0.3 is 10.1 Å². The summed E-state index contributed by atoms with van der Waals surface area (Å²) in [6, 6.07) is 24.1. The number of aromatic nitrogens is 1. The second-order valence-electron chi connectivity index (χ2n) is 7.35.